The molecule has 17 heavy (non-hydrogen) atoms. The molecule has 0 saturated carbocycles. The molecular weight excluding hydrogens is 274 g/mol. The molecule has 2 aromatic carbocycles. The van der Waals surface area contributed by atoms with E-state index in [4.69, 9.17) is 5.73 Å². The summed E-state index contributed by atoms with van der Waals surface area (Å²) in [5.74, 6) is 0. The first-order valence-electron chi connectivity index (χ1n) is 5.70. The lowest BCUT2D eigenvalue weighted by molar-refractivity contribution is 0.810. The second-order valence-corrected chi connectivity index (χ2v) is 5.19. The Labute approximate surface area is 111 Å². The van der Waals surface area contributed by atoms with Crippen LogP contribution < -0.4 is 5.73 Å². The molecule has 0 amide bonds. The molecule has 2 heteroatoms. The van der Waals surface area contributed by atoms with E-state index in [2.05, 4.69) is 53.2 Å². The van der Waals surface area contributed by atoms with Gasteiger partial charge in [-0.2, -0.15) is 0 Å². The van der Waals surface area contributed by atoms with Gasteiger partial charge in [-0.3, -0.25) is 0 Å². The maximum atomic E-state index is 5.99. The third-order valence-corrected chi connectivity index (χ3v) is 3.65. The lowest BCUT2D eigenvalue weighted by Crippen LogP contribution is -2.06. The minimum atomic E-state index is 0.0671. The second kappa shape index (κ2) is 5.03. The first kappa shape index (κ1) is 12.3. The number of nitrogens with two attached hydrogens (primary N) is 1. The van der Waals surface area contributed by atoms with Crippen molar-refractivity contribution in [3.8, 4) is 11.1 Å². The number of halogens is 1. The summed E-state index contributed by atoms with van der Waals surface area (Å²) in [7, 11) is 0. The Hall–Kier alpha value is -1.12. The van der Waals surface area contributed by atoms with E-state index in [1.807, 2.05) is 19.1 Å². The third-order valence-electron chi connectivity index (χ3n) is 2.95. The SMILES string of the molecule is Cc1ccc(-c2ccccc2Br)cc1C(C)N. The van der Waals surface area contributed by atoms with Crippen LogP contribution in [0.25, 0.3) is 11.1 Å². The van der Waals surface area contributed by atoms with Gasteiger partial charge in [0.15, 0.2) is 0 Å². The summed E-state index contributed by atoms with van der Waals surface area (Å²) in [4.78, 5) is 0. The number of hydrogen-bond acceptors (Lipinski definition) is 1. The Bertz CT molecular complexity index is 532. The lowest BCUT2D eigenvalue weighted by Gasteiger charge is -2.13. The van der Waals surface area contributed by atoms with Crippen molar-refractivity contribution in [1.29, 1.82) is 0 Å². The van der Waals surface area contributed by atoms with Crippen LogP contribution in [0, 0.1) is 6.92 Å². The minimum Gasteiger partial charge on any atom is -0.324 e. The number of aryl methyl sites for hydroxylation is 1. The van der Waals surface area contributed by atoms with Crippen molar-refractivity contribution in [2.75, 3.05) is 0 Å². The van der Waals surface area contributed by atoms with Crippen molar-refractivity contribution in [2.24, 2.45) is 5.73 Å². The maximum Gasteiger partial charge on any atom is 0.0268 e. The fraction of sp³-hybridized carbons (Fsp3) is 0.200. The van der Waals surface area contributed by atoms with Gasteiger partial charge >= 0.3 is 0 Å². The average molecular weight is 290 g/mol. The number of rotatable bonds is 2. The van der Waals surface area contributed by atoms with E-state index < -0.39 is 0 Å². The predicted octanol–water partition coefficient (Wildman–Crippen LogP) is 4.44. The topological polar surface area (TPSA) is 26.0 Å². The van der Waals surface area contributed by atoms with E-state index in [-0.39, 0.29) is 6.04 Å². The van der Waals surface area contributed by atoms with Crippen LogP contribution in [0.2, 0.25) is 0 Å². The number of hydrogen-bond donors (Lipinski definition) is 1. The van der Waals surface area contributed by atoms with Gasteiger partial charge in [-0.05, 0) is 48.2 Å². The van der Waals surface area contributed by atoms with Gasteiger partial charge in [-0.1, -0.05) is 46.3 Å². The summed E-state index contributed by atoms with van der Waals surface area (Å²) in [5, 5.41) is 0. The molecule has 2 aromatic rings. The first-order chi connectivity index (χ1) is 8.09. The molecule has 0 aliphatic heterocycles. The molecule has 0 bridgehead atoms. The Morgan fingerprint density at radius 3 is 2.47 bits per heavy atom. The molecule has 1 unspecified atom stereocenters. The Kier molecular flexibility index (Phi) is 3.65. The van der Waals surface area contributed by atoms with Gasteiger partial charge in [0.2, 0.25) is 0 Å². The molecule has 0 aliphatic rings. The van der Waals surface area contributed by atoms with Gasteiger partial charge in [-0.25, -0.2) is 0 Å². The van der Waals surface area contributed by atoms with E-state index in [1.54, 1.807) is 0 Å². The second-order valence-electron chi connectivity index (χ2n) is 4.34. The Morgan fingerprint density at radius 1 is 1.12 bits per heavy atom. The highest BCUT2D eigenvalue weighted by molar-refractivity contribution is 9.10. The van der Waals surface area contributed by atoms with E-state index >= 15 is 0 Å². The van der Waals surface area contributed by atoms with Crippen LogP contribution in [0.4, 0.5) is 0 Å². The highest BCUT2D eigenvalue weighted by atomic mass is 79.9. The van der Waals surface area contributed by atoms with Crippen LogP contribution in [-0.4, -0.2) is 0 Å². The summed E-state index contributed by atoms with van der Waals surface area (Å²) in [6.45, 7) is 4.12. The van der Waals surface area contributed by atoms with Crippen molar-refractivity contribution in [3.05, 3.63) is 58.1 Å². The molecule has 1 atom stereocenters. The fourth-order valence-corrected chi connectivity index (χ4v) is 2.51. The molecule has 0 aliphatic carbocycles. The van der Waals surface area contributed by atoms with Gasteiger partial charge in [-0.15, -0.1) is 0 Å². The van der Waals surface area contributed by atoms with Crippen LogP contribution >= 0.6 is 15.9 Å². The minimum absolute atomic E-state index is 0.0671. The molecular formula is C15H16BrN. The predicted molar refractivity (Wildman–Crippen MR) is 76.9 cm³/mol. The largest absolute Gasteiger partial charge is 0.324 e. The first-order valence-corrected chi connectivity index (χ1v) is 6.50. The van der Waals surface area contributed by atoms with Gasteiger partial charge < -0.3 is 5.73 Å². The average Bonchev–Trinajstić information content (AvgIpc) is 2.30. The summed E-state index contributed by atoms with van der Waals surface area (Å²) in [6.07, 6.45) is 0. The molecule has 88 valence electrons. The van der Waals surface area contributed by atoms with Gasteiger partial charge in [0.1, 0.15) is 0 Å². The third kappa shape index (κ3) is 2.59. The maximum absolute atomic E-state index is 5.99. The molecule has 0 spiro atoms. The van der Waals surface area contributed by atoms with E-state index in [1.165, 1.54) is 22.3 Å². The van der Waals surface area contributed by atoms with Gasteiger partial charge in [0.25, 0.3) is 0 Å². The number of benzene rings is 2. The smallest absolute Gasteiger partial charge is 0.0268 e. The zero-order chi connectivity index (χ0) is 12.4. The standard InChI is InChI=1S/C15H16BrN/c1-10-7-8-12(9-14(10)11(2)17)13-5-3-4-6-15(13)16/h3-9,11H,17H2,1-2H3. The molecule has 2 N–H and O–H groups in total. The van der Waals surface area contributed by atoms with Crippen LogP contribution in [0.3, 0.4) is 0 Å². The van der Waals surface area contributed by atoms with Gasteiger partial charge in [0.05, 0.1) is 0 Å². The Balaban J connectivity index is 2.54. The van der Waals surface area contributed by atoms with Crippen molar-refractivity contribution < 1.29 is 0 Å². The molecule has 0 saturated heterocycles. The summed E-state index contributed by atoms with van der Waals surface area (Å²) < 4.78 is 1.11. The quantitative estimate of drug-likeness (QED) is 0.869. The van der Waals surface area contributed by atoms with Crippen LogP contribution in [0.1, 0.15) is 24.1 Å². The molecule has 0 radical (unpaired) electrons. The molecule has 0 aromatic heterocycles. The van der Waals surface area contributed by atoms with Crippen molar-refractivity contribution in [3.63, 3.8) is 0 Å². The summed E-state index contributed by atoms with van der Waals surface area (Å²) in [6, 6.07) is 14.8. The summed E-state index contributed by atoms with van der Waals surface area (Å²) >= 11 is 3.58. The zero-order valence-corrected chi connectivity index (χ0v) is 11.7. The van der Waals surface area contributed by atoms with Crippen LogP contribution in [0.15, 0.2) is 46.9 Å². The monoisotopic (exact) mass is 289 g/mol. The molecule has 1 nitrogen and oxygen atoms in total. The van der Waals surface area contributed by atoms with Crippen LogP contribution in [0.5, 0.6) is 0 Å². The lowest BCUT2D eigenvalue weighted by atomic mass is 9.96. The molecule has 0 fully saturated rings. The zero-order valence-electron chi connectivity index (χ0n) is 10.1. The molecule has 2 rings (SSSR count). The molecule has 0 heterocycles. The van der Waals surface area contributed by atoms with Crippen molar-refractivity contribution in [1.82, 2.24) is 0 Å². The highest BCUT2D eigenvalue weighted by Gasteiger charge is 2.07. The van der Waals surface area contributed by atoms with Gasteiger partial charge in [0, 0.05) is 10.5 Å². The summed E-state index contributed by atoms with van der Waals surface area (Å²) in [5.41, 5.74) is 10.8. The fourth-order valence-electron chi connectivity index (χ4n) is 1.99. The van der Waals surface area contributed by atoms with E-state index in [0.717, 1.165) is 4.47 Å². The van der Waals surface area contributed by atoms with Crippen molar-refractivity contribution in [2.45, 2.75) is 19.9 Å². The Morgan fingerprint density at radius 2 is 1.82 bits per heavy atom. The van der Waals surface area contributed by atoms with E-state index in [0.29, 0.717) is 0 Å². The normalized spacial score (nSPS) is 12.5. The van der Waals surface area contributed by atoms with Crippen molar-refractivity contribution >= 4 is 15.9 Å². The van der Waals surface area contributed by atoms with Crippen LogP contribution in [-0.2, 0) is 0 Å². The highest BCUT2D eigenvalue weighted by Crippen LogP contribution is 2.30. The van der Waals surface area contributed by atoms with E-state index in [9.17, 15) is 0 Å².